The Morgan fingerprint density at radius 1 is 1.00 bits per heavy atom. The first-order valence-corrected chi connectivity index (χ1v) is 10.5. The molecule has 0 fully saturated rings. The molecule has 1 aliphatic carbocycles. The standard InChI is InChI=1S/C23H23N5O5/c29-21(24-10-9-22(30)31)13-28-12-15(26-27-28)11-25-23(32)33-14-20-18-7-3-1-5-16(18)17-6-2-4-8-19(17)20/h1-8,12,20H,9-11,13-14H2,(H,24,29)(H,25,32)(H,30,31). The second-order valence-corrected chi connectivity index (χ2v) is 7.58. The molecular weight excluding hydrogens is 426 g/mol. The quantitative estimate of drug-likeness (QED) is 0.454. The molecular formula is C23H23N5O5. The number of aliphatic carboxylic acids is 1. The van der Waals surface area contributed by atoms with Crippen LogP contribution in [0.4, 0.5) is 4.79 Å². The van der Waals surface area contributed by atoms with Gasteiger partial charge in [0.1, 0.15) is 18.8 Å². The number of amides is 2. The van der Waals surface area contributed by atoms with Gasteiger partial charge in [0, 0.05) is 12.5 Å². The van der Waals surface area contributed by atoms with Crippen LogP contribution in [-0.2, 0) is 27.4 Å². The van der Waals surface area contributed by atoms with Crippen molar-refractivity contribution in [3.8, 4) is 11.1 Å². The number of hydrogen-bond donors (Lipinski definition) is 3. The summed E-state index contributed by atoms with van der Waals surface area (Å²) in [5.74, 6) is -1.39. The molecule has 0 radical (unpaired) electrons. The number of rotatable bonds is 9. The molecule has 2 amide bonds. The maximum Gasteiger partial charge on any atom is 0.407 e. The number of aromatic nitrogens is 3. The largest absolute Gasteiger partial charge is 0.481 e. The molecule has 10 heteroatoms. The normalized spacial score (nSPS) is 12.0. The third kappa shape index (κ3) is 5.35. The molecule has 3 N–H and O–H groups in total. The van der Waals surface area contributed by atoms with E-state index >= 15 is 0 Å². The van der Waals surface area contributed by atoms with Crippen molar-refractivity contribution < 1.29 is 24.2 Å². The fraction of sp³-hybridized carbons (Fsp3) is 0.261. The summed E-state index contributed by atoms with van der Waals surface area (Å²) < 4.78 is 6.79. The monoisotopic (exact) mass is 449 g/mol. The number of carbonyl (C=O) groups excluding carboxylic acids is 2. The highest BCUT2D eigenvalue weighted by molar-refractivity contribution is 5.79. The summed E-state index contributed by atoms with van der Waals surface area (Å²) >= 11 is 0. The predicted octanol–water partition coefficient (Wildman–Crippen LogP) is 1.91. The van der Waals surface area contributed by atoms with E-state index < -0.39 is 12.1 Å². The van der Waals surface area contributed by atoms with Gasteiger partial charge in [-0.1, -0.05) is 53.7 Å². The highest BCUT2D eigenvalue weighted by Crippen LogP contribution is 2.44. The van der Waals surface area contributed by atoms with Gasteiger partial charge in [-0.3, -0.25) is 9.59 Å². The van der Waals surface area contributed by atoms with Crippen LogP contribution in [0.15, 0.2) is 54.7 Å². The van der Waals surface area contributed by atoms with Crippen LogP contribution in [-0.4, -0.2) is 51.2 Å². The highest BCUT2D eigenvalue weighted by atomic mass is 16.5. The average molecular weight is 449 g/mol. The van der Waals surface area contributed by atoms with Crippen LogP contribution in [0.2, 0.25) is 0 Å². The van der Waals surface area contributed by atoms with Crippen molar-refractivity contribution >= 4 is 18.0 Å². The van der Waals surface area contributed by atoms with Gasteiger partial charge in [0.15, 0.2) is 0 Å². The Balaban J connectivity index is 1.25. The number of hydrogen-bond acceptors (Lipinski definition) is 6. The first kappa shape index (κ1) is 22.0. The lowest BCUT2D eigenvalue weighted by Crippen LogP contribution is -2.29. The molecule has 4 rings (SSSR count). The number of nitrogens with zero attached hydrogens (tertiary/aromatic N) is 3. The predicted molar refractivity (Wildman–Crippen MR) is 117 cm³/mol. The molecule has 0 spiro atoms. The zero-order chi connectivity index (χ0) is 23.2. The summed E-state index contributed by atoms with van der Waals surface area (Å²) in [7, 11) is 0. The number of carboxylic acids is 1. The highest BCUT2D eigenvalue weighted by Gasteiger charge is 2.28. The molecule has 2 aromatic carbocycles. The second kappa shape index (κ2) is 9.94. The van der Waals surface area contributed by atoms with E-state index in [4.69, 9.17) is 9.84 Å². The number of alkyl carbamates (subject to hydrolysis) is 1. The Labute approximate surface area is 189 Å². The third-order valence-corrected chi connectivity index (χ3v) is 5.31. The van der Waals surface area contributed by atoms with Gasteiger partial charge in [-0.05, 0) is 22.3 Å². The van der Waals surface area contributed by atoms with Gasteiger partial charge in [0.25, 0.3) is 0 Å². The summed E-state index contributed by atoms with van der Waals surface area (Å²) in [5, 5.41) is 21.5. The van der Waals surface area contributed by atoms with Crippen LogP contribution in [0.3, 0.4) is 0 Å². The van der Waals surface area contributed by atoms with Gasteiger partial charge in [0.2, 0.25) is 5.91 Å². The molecule has 170 valence electrons. The van der Waals surface area contributed by atoms with Crippen LogP contribution < -0.4 is 10.6 Å². The van der Waals surface area contributed by atoms with Crippen LogP contribution in [0.1, 0.15) is 29.2 Å². The minimum Gasteiger partial charge on any atom is -0.481 e. The van der Waals surface area contributed by atoms with Gasteiger partial charge >= 0.3 is 12.1 Å². The Kier molecular flexibility index (Phi) is 6.63. The van der Waals surface area contributed by atoms with Crippen molar-refractivity contribution in [2.24, 2.45) is 0 Å². The molecule has 33 heavy (non-hydrogen) atoms. The van der Waals surface area contributed by atoms with Crippen LogP contribution in [0.25, 0.3) is 11.1 Å². The minimum atomic E-state index is -0.988. The van der Waals surface area contributed by atoms with Crippen molar-refractivity contribution in [2.75, 3.05) is 13.2 Å². The van der Waals surface area contributed by atoms with Gasteiger partial charge in [-0.15, -0.1) is 5.10 Å². The fourth-order valence-electron chi connectivity index (χ4n) is 3.82. The topological polar surface area (TPSA) is 135 Å². The smallest absolute Gasteiger partial charge is 0.407 e. The minimum absolute atomic E-state index is 0.0244. The molecule has 0 saturated heterocycles. The Morgan fingerprint density at radius 2 is 1.67 bits per heavy atom. The van der Waals surface area contributed by atoms with E-state index in [0.29, 0.717) is 5.69 Å². The molecule has 0 atom stereocenters. The van der Waals surface area contributed by atoms with E-state index in [1.807, 2.05) is 24.3 Å². The number of carboxylic acid groups (broad SMARTS) is 1. The van der Waals surface area contributed by atoms with E-state index in [1.165, 1.54) is 10.9 Å². The number of fused-ring (bicyclic) bond motifs is 3. The van der Waals surface area contributed by atoms with Gasteiger partial charge in [0.05, 0.1) is 19.2 Å². The molecule has 10 nitrogen and oxygen atoms in total. The lowest BCUT2D eigenvalue weighted by atomic mass is 9.98. The lowest BCUT2D eigenvalue weighted by molar-refractivity contribution is -0.136. The van der Waals surface area contributed by atoms with Crippen LogP contribution in [0, 0.1) is 0 Å². The zero-order valence-corrected chi connectivity index (χ0v) is 17.7. The molecule has 0 unspecified atom stereocenters. The van der Waals surface area contributed by atoms with Crippen LogP contribution >= 0.6 is 0 Å². The SMILES string of the molecule is O=C(O)CCNC(=O)Cn1cc(CNC(=O)OCC2c3ccccc3-c3ccccc32)nn1. The number of benzene rings is 2. The fourth-order valence-corrected chi connectivity index (χ4v) is 3.82. The van der Waals surface area contributed by atoms with E-state index in [-0.39, 0.29) is 44.5 Å². The maximum absolute atomic E-state index is 12.3. The summed E-state index contributed by atoms with van der Waals surface area (Å²) in [6, 6.07) is 16.2. The number of nitrogens with one attached hydrogen (secondary N) is 2. The van der Waals surface area contributed by atoms with Gasteiger partial charge in [-0.2, -0.15) is 0 Å². The summed E-state index contributed by atoms with van der Waals surface area (Å²) in [5.41, 5.74) is 5.05. The lowest BCUT2D eigenvalue weighted by Gasteiger charge is -2.14. The average Bonchev–Trinajstić information content (AvgIpc) is 3.38. The van der Waals surface area contributed by atoms with Crippen molar-refractivity contribution in [3.63, 3.8) is 0 Å². The molecule has 1 aromatic heterocycles. The van der Waals surface area contributed by atoms with Gasteiger partial charge < -0.3 is 20.5 Å². The number of ether oxygens (including phenoxy) is 1. The summed E-state index contributed by atoms with van der Waals surface area (Å²) in [4.78, 5) is 34.5. The Morgan fingerprint density at radius 3 is 2.33 bits per heavy atom. The van der Waals surface area contributed by atoms with E-state index in [9.17, 15) is 14.4 Å². The molecule has 0 saturated carbocycles. The molecule has 0 bridgehead atoms. The van der Waals surface area contributed by atoms with Gasteiger partial charge in [-0.25, -0.2) is 9.48 Å². The van der Waals surface area contributed by atoms with E-state index in [2.05, 4.69) is 45.2 Å². The Bertz CT molecular complexity index is 1130. The molecule has 3 aromatic rings. The molecule has 0 aliphatic heterocycles. The van der Waals surface area contributed by atoms with Crippen molar-refractivity contribution in [3.05, 3.63) is 71.5 Å². The second-order valence-electron chi connectivity index (χ2n) is 7.58. The van der Waals surface area contributed by atoms with Crippen LogP contribution in [0.5, 0.6) is 0 Å². The van der Waals surface area contributed by atoms with E-state index in [1.54, 1.807) is 0 Å². The van der Waals surface area contributed by atoms with Crippen molar-refractivity contribution in [1.82, 2.24) is 25.6 Å². The van der Waals surface area contributed by atoms with Crippen molar-refractivity contribution in [2.45, 2.75) is 25.4 Å². The molecule has 1 heterocycles. The third-order valence-electron chi connectivity index (χ3n) is 5.31. The zero-order valence-electron chi connectivity index (χ0n) is 17.7. The number of carbonyl (C=O) groups is 3. The Hall–Kier alpha value is -4.21. The maximum atomic E-state index is 12.3. The summed E-state index contributed by atoms with van der Waals surface area (Å²) in [6.45, 7) is 0.247. The van der Waals surface area contributed by atoms with E-state index in [0.717, 1.165) is 22.3 Å². The first-order valence-electron chi connectivity index (χ1n) is 10.5. The summed E-state index contributed by atoms with van der Waals surface area (Å²) in [6.07, 6.45) is 0.802. The van der Waals surface area contributed by atoms with Crippen molar-refractivity contribution in [1.29, 1.82) is 0 Å². The first-order chi connectivity index (χ1) is 16.0. The molecule has 1 aliphatic rings.